The molecule has 1 heterocycles. The quantitative estimate of drug-likeness (QED) is 0.506. The second-order valence-electron chi connectivity index (χ2n) is 5.78. The molecule has 3 heteroatoms. The minimum absolute atomic E-state index is 0.752. The fourth-order valence-electron chi connectivity index (χ4n) is 3.08. The maximum Gasteiger partial charge on any atom is 0.141 e. The molecule has 0 aromatic heterocycles. The summed E-state index contributed by atoms with van der Waals surface area (Å²) in [7, 11) is 2.22. The van der Waals surface area contributed by atoms with Crippen molar-refractivity contribution in [3.05, 3.63) is 71.3 Å². The first-order chi connectivity index (χ1) is 9.70. The average Bonchev–Trinajstić information content (AvgIpc) is 2.47. The summed E-state index contributed by atoms with van der Waals surface area (Å²) in [6.45, 7) is 2.65. The summed E-state index contributed by atoms with van der Waals surface area (Å²) in [5.41, 5.74) is 4.43. The maximum absolute atomic E-state index is 9.31. The van der Waals surface area contributed by atoms with Gasteiger partial charge in [0.2, 0.25) is 0 Å². The second kappa shape index (κ2) is 5.10. The van der Waals surface area contributed by atoms with Crippen molar-refractivity contribution in [2.75, 3.05) is 13.6 Å². The highest BCUT2D eigenvalue weighted by Crippen LogP contribution is 2.26. The highest BCUT2D eigenvalue weighted by molar-refractivity contribution is 6.02. The Morgan fingerprint density at radius 3 is 2.45 bits per heavy atom. The number of fused-ring (bicyclic) bond motifs is 1. The van der Waals surface area contributed by atoms with Gasteiger partial charge in [0.1, 0.15) is 25.3 Å². The van der Waals surface area contributed by atoms with Gasteiger partial charge in [0.25, 0.3) is 0 Å². The molecule has 1 aliphatic heterocycles. The monoisotopic (exact) mass is 267 g/mol. The van der Waals surface area contributed by atoms with Crippen LogP contribution in [-0.4, -0.2) is 29.0 Å². The first kappa shape index (κ1) is 12.9. The Morgan fingerprint density at radius 1 is 1.00 bits per heavy atom. The number of quaternary nitrogens is 1. The molecule has 3 rings (SSSR count). The van der Waals surface area contributed by atoms with E-state index < -0.39 is 0 Å². The normalized spacial score (nSPS) is 23.6. The van der Waals surface area contributed by atoms with Crippen molar-refractivity contribution in [2.45, 2.75) is 13.1 Å². The summed E-state index contributed by atoms with van der Waals surface area (Å²) in [5, 5.41) is 12.8. The van der Waals surface area contributed by atoms with Crippen LogP contribution in [0.2, 0.25) is 0 Å². The van der Waals surface area contributed by atoms with E-state index in [-0.39, 0.29) is 0 Å². The molecule has 2 aromatic rings. The van der Waals surface area contributed by atoms with E-state index in [1.54, 1.807) is 0 Å². The zero-order valence-corrected chi connectivity index (χ0v) is 11.7. The number of likely N-dealkylation sites (N-methyl/N-ethyl adjacent to an activating group) is 1. The molecule has 2 aromatic carbocycles. The van der Waals surface area contributed by atoms with Crippen LogP contribution in [0, 0.1) is 0 Å². The third-order valence-electron chi connectivity index (χ3n) is 3.94. The van der Waals surface area contributed by atoms with Crippen molar-refractivity contribution in [2.24, 2.45) is 5.16 Å². The van der Waals surface area contributed by atoms with E-state index in [0.29, 0.717) is 0 Å². The summed E-state index contributed by atoms with van der Waals surface area (Å²) in [6, 6.07) is 18.7. The number of hydrogen-bond donors (Lipinski definition) is 1. The Bertz CT molecular complexity index is 636. The molecule has 0 bridgehead atoms. The smallest absolute Gasteiger partial charge is 0.141 e. The van der Waals surface area contributed by atoms with Crippen molar-refractivity contribution >= 4 is 5.71 Å². The summed E-state index contributed by atoms with van der Waals surface area (Å²) >= 11 is 0. The van der Waals surface area contributed by atoms with Crippen LogP contribution in [0.3, 0.4) is 0 Å². The molecule has 1 atom stereocenters. The van der Waals surface area contributed by atoms with Gasteiger partial charge in [0.05, 0.1) is 7.05 Å². The molecule has 0 fully saturated rings. The minimum Gasteiger partial charge on any atom is -0.410 e. The third kappa shape index (κ3) is 2.45. The third-order valence-corrected chi connectivity index (χ3v) is 3.94. The second-order valence-corrected chi connectivity index (χ2v) is 5.78. The maximum atomic E-state index is 9.31. The summed E-state index contributed by atoms with van der Waals surface area (Å²) in [5.74, 6) is 0. The van der Waals surface area contributed by atoms with E-state index in [2.05, 4.69) is 42.5 Å². The van der Waals surface area contributed by atoms with Gasteiger partial charge in [0, 0.05) is 16.7 Å². The van der Waals surface area contributed by atoms with Gasteiger partial charge in [-0.05, 0) is 0 Å². The zero-order valence-electron chi connectivity index (χ0n) is 11.7. The molecule has 3 nitrogen and oxygen atoms in total. The van der Waals surface area contributed by atoms with E-state index in [1.807, 2.05) is 24.3 Å². The molecule has 0 spiro atoms. The lowest BCUT2D eigenvalue weighted by molar-refractivity contribution is -0.928. The largest absolute Gasteiger partial charge is 0.410 e. The number of rotatable bonds is 2. The van der Waals surface area contributed by atoms with Crippen molar-refractivity contribution in [1.82, 2.24) is 0 Å². The summed E-state index contributed by atoms with van der Waals surface area (Å²) in [4.78, 5) is 0. The number of hydrogen-bond acceptors (Lipinski definition) is 2. The SMILES string of the molecule is C[N+]1(Cc2ccccc2)C/C(=N/O)c2ccccc2C1. The van der Waals surface area contributed by atoms with E-state index in [9.17, 15) is 5.21 Å². The Kier molecular flexibility index (Phi) is 3.28. The van der Waals surface area contributed by atoms with Crippen LogP contribution in [0.5, 0.6) is 0 Å². The van der Waals surface area contributed by atoms with E-state index in [1.165, 1.54) is 11.1 Å². The molecule has 1 aliphatic rings. The van der Waals surface area contributed by atoms with Crippen molar-refractivity contribution < 1.29 is 9.69 Å². The van der Waals surface area contributed by atoms with Gasteiger partial charge in [-0.15, -0.1) is 0 Å². The van der Waals surface area contributed by atoms with Gasteiger partial charge >= 0.3 is 0 Å². The van der Waals surface area contributed by atoms with Gasteiger partial charge in [-0.2, -0.15) is 0 Å². The molecule has 0 radical (unpaired) electrons. The molecular weight excluding hydrogens is 248 g/mol. The average molecular weight is 267 g/mol. The Labute approximate surface area is 119 Å². The molecule has 1 N–H and O–H groups in total. The van der Waals surface area contributed by atoms with E-state index >= 15 is 0 Å². The first-order valence-corrected chi connectivity index (χ1v) is 6.87. The highest BCUT2D eigenvalue weighted by atomic mass is 16.4. The van der Waals surface area contributed by atoms with E-state index in [4.69, 9.17) is 0 Å². The zero-order chi connectivity index (χ0) is 14.0. The summed E-state index contributed by atoms with van der Waals surface area (Å²) < 4.78 is 0.834. The molecule has 0 saturated carbocycles. The van der Waals surface area contributed by atoms with Gasteiger partial charge in [0.15, 0.2) is 0 Å². The Hall–Kier alpha value is -2.13. The molecule has 0 aliphatic carbocycles. The lowest BCUT2D eigenvalue weighted by Crippen LogP contribution is -2.49. The van der Waals surface area contributed by atoms with Crippen LogP contribution >= 0.6 is 0 Å². The standard InChI is InChI=1S/C17H18N2O/c1-19(11-14-7-3-2-4-8-14)12-15-9-5-6-10-16(15)17(13-19)18-20/h2-10H,11-13H2,1H3/p+1/b18-17-. The van der Waals surface area contributed by atoms with Crippen LogP contribution in [0.4, 0.5) is 0 Å². The van der Waals surface area contributed by atoms with E-state index in [0.717, 1.165) is 35.4 Å². The van der Waals surface area contributed by atoms with Crippen molar-refractivity contribution in [1.29, 1.82) is 0 Å². The van der Waals surface area contributed by atoms with Gasteiger partial charge < -0.3 is 9.69 Å². The molecule has 0 amide bonds. The Morgan fingerprint density at radius 2 is 1.70 bits per heavy atom. The lowest BCUT2D eigenvalue weighted by atomic mass is 9.96. The van der Waals surface area contributed by atoms with Crippen LogP contribution in [0.25, 0.3) is 0 Å². The summed E-state index contributed by atoms with van der Waals surface area (Å²) in [6.07, 6.45) is 0. The molecule has 1 unspecified atom stereocenters. The minimum atomic E-state index is 0.752. The predicted molar refractivity (Wildman–Crippen MR) is 79.7 cm³/mol. The van der Waals surface area contributed by atoms with Gasteiger partial charge in [-0.25, -0.2) is 0 Å². The van der Waals surface area contributed by atoms with Crippen LogP contribution in [0.15, 0.2) is 59.8 Å². The molecule has 0 saturated heterocycles. The fraction of sp³-hybridized carbons (Fsp3) is 0.235. The lowest BCUT2D eigenvalue weighted by Gasteiger charge is -2.38. The van der Waals surface area contributed by atoms with Crippen LogP contribution < -0.4 is 0 Å². The predicted octanol–water partition coefficient (Wildman–Crippen LogP) is 3.03. The van der Waals surface area contributed by atoms with Gasteiger partial charge in [-0.1, -0.05) is 59.8 Å². The first-order valence-electron chi connectivity index (χ1n) is 6.87. The molecule has 102 valence electrons. The van der Waals surface area contributed by atoms with Gasteiger partial charge in [-0.3, -0.25) is 0 Å². The van der Waals surface area contributed by atoms with Crippen molar-refractivity contribution in [3.63, 3.8) is 0 Å². The number of nitrogens with zero attached hydrogens (tertiary/aromatic N) is 2. The molecule has 20 heavy (non-hydrogen) atoms. The topological polar surface area (TPSA) is 32.6 Å². The van der Waals surface area contributed by atoms with Crippen LogP contribution in [-0.2, 0) is 13.1 Å². The molecular formula is C17H19N2O+. The highest BCUT2D eigenvalue weighted by Gasteiger charge is 2.32. The van der Waals surface area contributed by atoms with Crippen molar-refractivity contribution in [3.8, 4) is 0 Å². The Balaban J connectivity index is 1.93. The number of oxime groups is 1. The van der Waals surface area contributed by atoms with Crippen LogP contribution in [0.1, 0.15) is 16.7 Å². The number of benzene rings is 2. The fourth-order valence-corrected chi connectivity index (χ4v) is 3.08.